The lowest BCUT2D eigenvalue weighted by atomic mass is 10.3. The van der Waals surface area contributed by atoms with Crippen molar-refractivity contribution in [3.63, 3.8) is 0 Å². The van der Waals surface area contributed by atoms with Gasteiger partial charge in [0.05, 0.1) is 12.6 Å². The first-order chi connectivity index (χ1) is 9.49. The molecule has 0 aliphatic rings. The molecular weight excluding hydrogens is 258 g/mol. The highest BCUT2D eigenvalue weighted by atomic mass is 16.5. The molecule has 0 atom stereocenters. The van der Waals surface area contributed by atoms with Gasteiger partial charge >= 0.3 is 0 Å². The van der Waals surface area contributed by atoms with E-state index in [-0.39, 0.29) is 18.6 Å². The molecule has 20 heavy (non-hydrogen) atoms. The molecule has 0 aliphatic heterocycles. The molecule has 1 aromatic rings. The summed E-state index contributed by atoms with van der Waals surface area (Å²) >= 11 is 0. The molecule has 0 saturated carbocycles. The third-order valence-corrected chi connectivity index (χ3v) is 2.58. The smallest absolute Gasteiger partial charge is 0.242 e. The number of hydrogen-bond donors (Lipinski definition) is 2. The Bertz CT molecular complexity index is 450. The van der Waals surface area contributed by atoms with Crippen molar-refractivity contribution in [3.05, 3.63) is 6.33 Å². The molecule has 7 nitrogen and oxygen atoms in total. The van der Waals surface area contributed by atoms with Gasteiger partial charge in [-0.25, -0.2) is 4.98 Å². The largest absolute Gasteiger partial charge is 0.473 e. The second kappa shape index (κ2) is 7.52. The number of amides is 1. The van der Waals surface area contributed by atoms with Crippen LogP contribution in [0.3, 0.4) is 0 Å². The fourth-order valence-electron chi connectivity index (χ4n) is 1.72. The van der Waals surface area contributed by atoms with Crippen LogP contribution in [0.4, 0.5) is 11.5 Å². The zero-order valence-corrected chi connectivity index (χ0v) is 12.5. The Balaban J connectivity index is 3.03. The summed E-state index contributed by atoms with van der Waals surface area (Å²) < 4.78 is 5.54. The Morgan fingerprint density at radius 1 is 1.50 bits per heavy atom. The van der Waals surface area contributed by atoms with Crippen LogP contribution in [0.2, 0.25) is 0 Å². The number of carbonyl (C=O) groups is 1. The van der Waals surface area contributed by atoms with Gasteiger partial charge < -0.3 is 20.7 Å². The molecule has 0 aliphatic carbocycles. The molecule has 1 aromatic heterocycles. The lowest BCUT2D eigenvalue weighted by Crippen LogP contribution is -2.37. The number of anilines is 2. The molecule has 0 aromatic carbocycles. The standard InChI is InChI=1S/C13H23N5O2/c1-5-6-18(7-10(19)15-4)12-11(14)13(17-8-16-12)20-9(2)3/h8-9H,5-7,14H2,1-4H3,(H,15,19). The fraction of sp³-hybridized carbons (Fsp3) is 0.615. The maximum absolute atomic E-state index is 11.6. The molecule has 1 heterocycles. The summed E-state index contributed by atoms with van der Waals surface area (Å²) in [6.45, 7) is 6.70. The van der Waals surface area contributed by atoms with E-state index in [2.05, 4.69) is 15.3 Å². The normalized spacial score (nSPS) is 10.4. The molecule has 7 heteroatoms. The van der Waals surface area contributed by atoms with Gasteiger partial charge in [-0.1, -0.05) is 6.92 Å². The molecule has 3 N–H and O–H groups in total. The molecule has 0 bridgehead atoms. The van der Waals surface area contributed by atoms with Gasteiger partial charge in [-0.3, -0.25) is 4.79 Å². The van der Waals surface area contributed by atoms with E-state index < -0.39 is 0 Å². The van der Waals surface area contributed by atoms with E-state index in [1.165, 1.54) is 6.33 Å². The maximum atomic E-state index is 11.6. The lowest BCUT2D eigenvalue weighted by molar-refractivity contribution is -0.119. The SMILES string of the molecule is CCCN(CC(=O)NC)c1ncnc(OC(C)C)c1N. The Labute approximate surface area is 119 Å². The first kappa shape index (κ1) is 16.0. The van der Waals surface area contributed by atoms with Crippen LogP contribution in [0.25, 0.3) is 0 Å². The minimum atomic E-state index is -0.0946. The van der Waals surface area contributed by atoms with Gasteiger partial charge in [-0.15, -0.1) is 0 Å². The van der Waals surface area contributed by atoms with E-state index in [4.69, 9.17) is 10.5 Å². The highest BCUT2D eigenvalue weighted by Crippen LogP contribution is 2.28. The van der Waals surface area contributed by atoms with E-state index in [9.17, 15) is 4.79 Å². The Morgan fingerprint density at radius 3 is 2.75 bits per heavy atom. The van der Waals surface area contributed by atoms with Crippen LogP contribution in [0, 0.1) is 0 Å². The van der Waals surface area contributed by atoms with E-state index in [0.29, 0.717) is 23.9 Å². The highest BCUT2D eigenvalue weighted by Gasteiger charge is 2.18. The number of hydrogen-bond acceptors (Lipinski definition) is 6. The van der Waals surface area contributed by atoms with Crippen LogP contribution in [0.5, 0.6) is 5.88 Å². The van der Waals surface area contributed by atoms with Crippen molar-refractivity contribution in [1.82, 2.24) is 15.3 Å². The second-order valence-corrected chi connectivity index (χ2v) is 4.68. The molecule has 0 spiro atoms. The molecule has 1 rings (SSSR count). The van der Waals surface area contributed by atoms with Crippen molar-refractivity contribution in [2.75, 3.05) is 30.8 Å². The summed E-state index contributed by atoms with van der Waals surface area (Å²) in [4.78, 5) is 21.6. The molecule has 0 unspecified atom stereocenters. The van der Waals surface area contributed by atoms with Crippen LogP contribution >= 0.6 is 0 Å². The van der Waals surface area contributed by atoms with Gasteiger partial charge in [-0.05, 0) is 20.3 Å². The lowest BCUT2D eigenvalue weighted by Gasteiger charge is -2.24. The Kier molecular flexibility index (Phi) is 6.02. The fourth-order valence-corrected chi connectivity index (χ4v) is 1.72. The number of nitrogen functional groups attached to an aromatic ring is 1. The van der Waals surface area contributed by atoms with E-state index in [0.717, 1.165) is 6.42 Å². The van der Waals surface area contributed by atoms with Crippen LogP contribution < -0.4 is 20.7 Å². The third-order valence-electron chi connectivity index (χ3n) is 2.58. The summed E-state index contributed by atoms with van der Waals surface area (Å²) in [7, 11) is 1.60. The van der Waals surface area contributed by atoms with Gasteiger partial charge in [0.1, 0.15) is 12.0 Å². The summed E-state index contributed by atoms with van der Waals surface area (Å²) in [5.41, 5.74) is 6.42. The molecule has 112 valence electrons. The van der Waals surface area contributed by atoms with Crippen molar-refractivity contribution in [1.29, 1.82) is 0 Å². The number of nitrogens with two attached hydrogens (primary N) is 1. The third kappa shape index (κ3) is 4.25. The van der Waals surface area contributed by atoms with Crippen molar-refractivity contribution < 1.29 is 9.53 Å². The van der Waals surface area contributed by atoms with Gasteiger partial charge in [0.25, 0.3) is 0 Å². The van der Waals surface area contributed by atoms with Gasteiger partial charge in [0.15, 0.2) is 5.82 Å². The Hall–Kier alpha value is -2.05. The predicted octanol–water partition coefficient (Wildman–Crippen LogP) is 0.808. The summed E-state index contributed by atoms with van der Waals surface area (Å²) in [5.74, 6) is 0.784. The first-order valence-corrected chi connectivity index (χ1v) is 6.72. The second-order valence-electron chi connectivity index (χ2n) is 4.68. The summed E-state index contributed by atoms with van der Waals surface area (Å²) in [5, 5.41) is 2.59. The zero-order chi connectivity index (χ0) is 15.1. The minimum Gasteiger partial charge on any atom is -0.473 e. The molecule has 0 saturated heterocycles. The zero-order valence-electron chi connectivity index (χ0n) is 12.5. The van der Waals surface area contributed by atoms with Crippen molar-refractivity contribution in [3.8, 4) is 5.88 Å². The molecular formula is C13H23N5O2. The topological polar surface area (TPSA) is 93.4 Å². The summed E-state index contributed by atoms with van der Waals surface area (Å²) in [6, 6.07) is 0. The minimum absolute atomic E-state index is 0.0291. The van der Waals surface area contributed by atoms with Crippen molar-refractivity contribution in [2.24, 2.45) is 0 Å². The summed E-state index contributed by atoms with van der Waals surface area (Å²) in [6.07, 6.45) is 2.25. The first-order valence-electron chi connectivity index (χ1n) is 6.72. The number of rotatable bonds is 7. The van der Waals surface area contributed by atoms with Gasteiger partial charge in [0.2, 0.25) is 11.8 Å². The highest BCUT2D eigenvalue weighted by molar-refractivity contribution is 5.82. The van der Waals surface area contributed by atoms with Gasteiger partial charge in [0, 0.05) is 13.6 Å². The monoisotopic (exact) mass is 281 g/mol. The number of carbonyl (C=O) groups excluding carboxylic acids is 1. The van der Waals surface area contributed by atoms with Crippen LogP contribution in [0.15, 0.2) is 6.33 Å². The van der Waals surface area contributed by atoms with E-state index in [1.54, 1.807) is 7.05 Å². The molecule has 0 radical (unpaired) electrons. The van der Waals surface area contributed by atoms with Crippen LogP contribution in [-0.4, -0.2) is 42.1 Å². The number of nitrogens with one attached hydrogen (secondary N) is 1. The number of likely N-dealkylation sites (N-methyl/N-ethyl adjacent to an activating group) is 1. The Morgan fingerprint density at radius 2 is 2.20 bits per heavy atom. The average Bonchev–Trinajstić information content (AvgIpc) is 2.40. The molecule has 1 amide bonds. The number of nitrogens with zero attached hydrogens (tertiary/aromatic N) is 3. The predicted molar refractivity (Wildman–Crippen MR) is 78.8 cm³/mol. The van der Waals surface area contributed by atoms with Crippen molar-refractivity contribution >= 4 is 17.4 Å². The number of ether oxygens (including phenoxy) is 1. The van der Waals surface area contributed by atoms with Gasteiger partial charge in [-0.2, -0.15) is 4.98 Å². The van der Waals surface area contributed by atoms with Crippen molar-refractivity contribution in [2.45, 2.75) is 33.3 Å². The maximum Gasteiger partial charge on any atom is 0.242 e. The average molecular weight is 281 g/mol. The van der Waals surface area contributed by atoms with Crippen LogP contribution in [0.1, 0.15) is 27.2 Å². The quantitative estimate of drug-likeness (QED) is 0.768. The van der Waals surface area contributed by atoms with E-state index in [1.807, 2.05) is 25.7 Å². The molecule has 0 fully saturated rings. The number of aromatic nitrogens is 2. The van der Waals surface area contributed by atoms with Crippen LogP contribution in [-0.2, 0) is 4.79 Å². The van der Waals surface area contributed by atoms with E-state index >= 15 is 0 Å².